The lowest BCUT2D eigenvalue weighted by Crippen LogP contribution is -2.13. The van der Waals surface area contributed by atoms with Crippen LogP contribution in [-0.2, 0) is 4.79 Å². The molecule has 1 N–H and O–H groups in total. The average Bonchev–Trinajstić information content (AvgIpc) is 2.48. The van der Waals surface area contributed by atoms with E-state index in [9.17, 15) is 14.4 Å². The maximum atomic E-state index is 12.3. The molecule has 2 rings (SSSR count). The molecular weight excluding hydrogens is 266 g/mol. The zero-order chi connectivity index (χ0) is 15.2. The predicted molar refractivity (Wildman–Crippen MR) is 80.5 cm³/mol. The topological polar surface area (TPSA) is 63.2 Å². The molecule has 0 atom stereocenters. The van der Waals surface area contributed by atoms with Gasteiger partial charge in [-0.1, -0.05) is 42.5 Å². The van der Waals surface area contributed by atoms with Crippen molar-refractivity contribution in [3.05, 3.63) is 65.7 Å². The number of anilines is 1. The van der Waals surface area contributed by atoms with Crippen molar-refractivity contribution in [3.8, 4) is 0 Å². The van der Waals surface area contributed by atoms with E-state index in [0.717, 1.165) is 0 Å². The van der Waals surface area contributed by atoms with Crippen LogP contribution in [-0.4, -0.2) is 17.5 Å². The van der Waals surface area contributed by atoms with Gasteiger partial charge in [-0.25, -0.2) is 0 Å². The molecule has 0 aliphatic rings. The monoisotopic (exact) mass is 281 g/mol. The van der Waals surface area contributed by atoms with Crippen LogP contribution in [0.5, 0.6) is 0 Å². The molecule has 0 spiro atoms. The number of ketones is 2. The average molecular weight is 281 g/mol. The molecule has 0 radical (unpaired) electrons. The Kier molecular flexibility index (Phi) is 4.61. The summed E-state index contributed by atoms with van der Waals surface area (Å²) in [4.78, 5) is 35.5. The number of Topliss-reactive ketones (excluding diaryl/α,β-unsaturated/α-hetero) is 2. The fourth-order valence-electron chi connectivity index (χ4n) is 1.99. The van der Waals surface area contributed by atoms with E-state index in [-0.39, 0.29) is 23.9 Å². The van der Waals surface area contributed by atoms with Crippen molar-refractivity contribution in [1.82, 2.24) is 0 Å². The van der Waals surface area contributed by atoms with Crippen LogP contribution in [0.2, 0.25) is 0 Å². The van der Waals surface area contributed by atoms with Crippen LogP contribution < -0.4 is 5.32 Å². The van der Waals surface area contributed by atoms with E-state index >= 15 is 0 Å². The van der Waals surface area contributed by atoms with Crippen LogP contribution in [0.4, 0.5) is 5.69 Å². The maximum absolute atomic E-state index is 12.3. The molecular formula is C17H15NO3. The molecule has 0 unspecified atom stereocenters. The number of hydrogen-bond acceptors (Lipinski definition) is 3. The lowest BCUT2D eigenvalue weighted by Gasteiger charge is -2.08. The molecule has 0 fully saturated rings. The van der Waals surface area contributed by atoms with Crippen LogP contribution in [0.15, 0.2) is 54.6 Å². The quantitative estimate of drug-likeness (QED) is 0.676. The van der Waals surface area contributed by atoms with Gasteiger partial charge in [0.2, 0.25) is 5.91 Å². The highest BCUT2D eigenvalue weighted by Crippen LogP contribution is 2.18. The van der Waals surface area contributed by atoms with Crippen molar-refractivity contribution in [3.63, 3.8) is 0 Å². The van der Waals surface area contributed by atoms with Gasteiger partial charge in [0.25, 0.3) is 0 Å². The third-order valence-electron chi connectivity index (χ3n) is 2.96. The van der Waals surface area contributed by atoms with Crippen molar-refractivity contribution in [2.45, 2.75) is 13.3 Å². The summed E-state index contributed by atoms with van der Waals surface area (Å²) >= 11 is 0. The largest absolute Gasteiger partial charge is 0.326 e. The van der Waals surface area contributed by atoms with Crippen molar-refractivity contribution in [2.75, 3.05) is 5.32 Å². The van der Waals surface area contributed by atoms with E-state index in [2.05, 4.69) is 5.32 Å². The number of hydrogen-bond donors (Lipinski definition) is 1. The number of carbonyl (C=O) groups is 3. The van der Waals surface area contributed by atoms with Gasteiger partial charge in [-0.05, 0) is 12.1 Å². The van der Waals surface area contributed by atoms with Gasteiger partial charge in [0, 0.05) is 18.1 Å². The van der Waals surface area contributed by atoms with Gasteiger partial charge in [-0.15, -0.1) is 0 Å². The number of para-hydroxylation sites is 1. The smallest absolute Gasteiger partial charge is 0.221 e. The van der Waals surface area contributed by atoms with Crippen LogP contribution in [0, 0.1) is 0 Å². The van der Waals surface area contributed by atoms with E-state index in [4.69, 9.17) is 0 Å². The number of nitrogens with one attached hydrogen (secondary N) is 1. The molecule has 0 aromatic heterocycles. The van der Waals surface area contributed by atoms with Gasteiger partial charge in [0.1, 0.15) is 0 Å². The minimum absolute atomic E-state index is 0.222. The summed E-state index contributed by atoms with van der Waals surface area (Å²) in [5.41, 5.74) is 1.27. The summed E-state index contributed by atoms with van der Waals surface area (Å²) in [6.45, 7) is 1.37. The van der Waals surface area contributed by atoms with Gasteiger partial charge in [-0.3, -0.25) is 14.4 Å². The molecule has 4 nitrogen and oxygen atoms in total. The number of benzene rings is 2. The first-order valence-corrected chi connectivity index (χ1v) is 6.56. The van der Waals surface area contributed by atoms with Crippen molar-refractivity contribution >= 4 is 23.2 Å². The maximum Gasteiger partial charge on any atom is 0.221 e. The Balaban J connectivity index is 2.17. The van der Waals surface area contributed by atoms with E-state index in [1.807, 2.05) is 6.07 Å². The molecule has 2 aromatic rings. The van der Waals surface area contributed by atoms with Gasteiger partial charge in [0.05, 0.1) is 12.1 Å². The zero-order valence-electron chi connectivity index (χ0n) is 11.6. The van der Waals surface area contributed by atoms with E-state index in [1.165, 1.54) is 6.92 Å². The molecule has 21 heavy (non-hydrogen) atoms. The molecule has 106 valence electrons. The highest BCUT2D eigenvalue weighted by atomic mass is 16.2. The SMILES string of the molecule is CC(=O)Nc1ccccc1C(=O)CC(=O)c1ccccc1. The summed E-state index contributed by atoms with van der Waals surface area (Å²) in [6, 6.07) is 15.3. The van der Waals surface area contributed by atoms with Crippen molar-refractivity contribution in [1.29, 1.82) is 0 Å². The lowest BCUT2D eigenvalue weighted by molar-refractivity contribution is -0.114. The van der Waals surface area contributed by atoms with Gasteiger partial charge in [0.15, 0.2) is 11.6 Å². The van der Waals surface area contributed by atoms with Crippen LogP contribution in [0.3, 0.4) is 0 Å². The summed E-state index contributed by atoms with van der Waals surface area (Å²) < 4.78 is 0. The standard InChI is InChI=1S/C17H15NO3/c1-12(19)18-15-10-6-5-9-14(15)17(21)11-16(20)13-7-3-2-4-8-13/h2-10H,11H2,1H3,(H,18,19). The Bertz CT molecular complexity index is 677. The fraction of sp³-hybridized carbons (Fsp3) is 0.118. The number of carbonyl (C=O) groups excluding carboxylic acids is 3. The zero-order valence-corrected chi connectivity index (χ0v) is 11.6. The minimum Gasteiger partial charge on any atom is -0.326 e. The molecule has 2 aromatic carbocycles. The Morgan fingerprint density at radius 3 is 2.14 bits per heavy atom. The second-order valence-corrected chi connectivity index (χ2v) is 4.62. The highest BCUT2D eigenvalue weighted by molar-refractivity contribution is 6.16. The summed E-state index contributed by atoms with van der Waals surface area (Å²) in [6.07, 6.45) is -0.222. The second kappa shape index (κ2) is 6.61. The molecule has 0 heterocycles. The van der Waals surface area contributed by atoms with E-state index in [0.29, 0.717) is 16.8 Å². The molecule has 0 aliphatic carbocycles. The normalized spacial score (nSPS) is 9.95. The Labute approximate surface area is 122 Å². The Hall–Kier alpha value is -2.75. The lowest BCUT2D eigenvalue weighted by atomic mass is 10.0. The first-order valence-electron chi connectivity index (χ1n) is 6.56. The number of amides is 1. The van der Waals surface area contributed by atoms with Gasteiger partial charge >= 0.3 is 0 Å². The van der Waals surface area contributed by atoms with Crippen molar-refractivity contribution in [2.24, 2.45) is 0 Å². The third-order valence-corrected chi connectivity index (χ3v) is 2.96. The van der Waals surface area contributed by atoms with Crippen LogP contribution in [0.1, 0.15) is 34.1 Å². The number of rotatable bonds is 5. The Morgan fingerprint density at radius 2 is 1.48 bits per heavy atom. The second-order valence-electron chi connectivity index (χ2n) is 4.62. The highest BCUT2D eigenvalue weighted by Gasteiger charge is 2.16. The summed E-state index contributed by atoms with van der Waals surface area (Å²) in [5.74, 6) is -0.809. The third kappa shape index (κ3) is 3.86. The van der Waals surface area contributed by atoms with Crippen LogP contribution in [0.25, 0.3) is 0 Å². The molecule has 0 saturated heterocycles. The van der Waals surface area contributed by atoms with Gasteiger partial charge < -0.3 is 5.32 Å². The summed E-state index contributed by atoms with van der Waals surface area (Å²) in [7, 11) is 0. The van der Waals surface area contributed by atoms with Gasteiger partial charge in [-0.2, -0.15) is 0 Å². The first kappa shape index (κ1) is 14.7. The summed E-state index contributed by atoms with van der Waals surface area (Å²) in [5, 5.41) is 2.60. The predicted octanol–water partition coefficient (Wildman–Crippen LogP) is 3.10. The molecule has 4 heteroatoms. The first-order chi connectivity index (χ1) is 10.1. The fourth-order valence-corrected chi connectivity index (χ4v) is 1.99. The van der Waals surface area contributed by atoms with Crippen LogP contribution >= 0.6 is 0 Å². The molecule has 0 saturated carbocycles. The van der Waals surface area contributed by atoms with Crippen molar-refractivity contribution < 1.29 is 14.4 Å². The minimum atomic E-state index is -0.312. The Morgan fingerprint density at radius 1 is 0.857 bits per heavy atom. The van der Waals surface area contributed by atoms with E-state index < -0.39 is 0 Å². The molecule has 0 bridgehead atoms. The molecule has 1 amide bonds. The molecule has 0 aliphatic heterocycles. The van der Waals surface area contributed by atoms with E-state index in [1.54, 1.807) is 48.5 Å².